The molecule has 3 fully saturated rings. The summed E-state index contributed by atoms with van der Waals surface area (Å²) < 4.78 is 13.2. The first-order valence-electron chi connectivity index (χ1n) is 14.1. The second-order valence-corrected chi connectivity index (χ2v) is 12.2. The molecule has 5 heterocycles. The summed E-state index contributed by atoms with van der Waals surface area (Å²) in [6, 6.07) is 19.2. The van der Waals surface area contributed by atoms with Crippen molar-refractivity contribution in [2.24, 2.45) is 0 Å². The molecule has 41 heavy (non-hydrogen) atoms. The third-order valence-corrected chi connectivity index (χ3v) is 9.04. The molecular formula is C31H32IN7O2. The Labute approximate surface area is 253 Å². The Hall–Kier alpha value is -3.67. The van der Waals surface area contributed by atoms with Crippen molar-refractivity contribution in [2.45, 2.75) is 56.9 Å². The number of aryl methyl sites for hydroxylation is 1. The van der Waals surface area contributed by atoms with Crippen LogP contribution in [0.4, 0.5) is 17.2 Å². The van der Waals surface area contributed by atoms with E-state index >= 15 is 0 Å². The number of ether oxygens (including phenoxy) is 2. The molecular weight excluding hydrogens is 629 g/mol. The first kappa shape index (κ1) is 26.2. The monoisotopic (exact) mass is 661 g/mol. The highest BCUT2D eigenvalue weighted by Gasteiger charge is 2.41. The molecule has 2 N–H and O–H groups in total. The summed E-state index contributed by atoms with van der Waals surface area (Å²) >= 11 is 2.19. The van der Waals surface area contributed by atoms with Crippen LogP contribution in [0.3, 0.4) is 0 Å². The first-order valence-corrected chi connectivity index (χ1v) is 15.2. The molecule has 7 rings (SSSR count). The maximum atomic E-state index is 6.37. The molecule has 0 radical (unpaired) electrons. The van der Waals surface area contributed by atoms with Gasteiger partial charge in [0.25, 0.3) is 0 Å². The van der Waals surface area contributed by atoms with Crippen molar-refractivity contribution in [1.29, 1.82) is 0 Å². The van der Waals surface area contributed by atoms with Gasteiger partial charge < -0.3 is 25.0 Å². The van der Waals surface area contributed by atoms with Gasteiger partial charge in [-0.1, -0.05) is 24.3 Å². The number of hydrogen-bond donors (Lipinski definition) is 1. The van der Waals surface area contributed by atoms with Gasteiger partial charge in [0, 0.05) is 61.5 Å². The molecule has 2 unspecified atom stereocenters. The summed E-state index contributed by atoms with van der Waals surface area (Å²) in [5, 5.41) is 8.75. The standard InChI is InChI=1S/C31H32IN7O2/c1-19-4-2-3-5-26(19)27-15-28(31(33)37-36-27)38-17-21-6-7-22(18-38)39(21)20-10-11-34-30(12-20)41-25-13-24(14-25)40-23-8-9-29(32)35-16-23/h2-5,8-12,15-16,21-22,24-25H,6-7,13-14,17-18H2,1H3,(H2,33,37). The average Bonchev–Trinajstić information content (AvgIpc) is 3.23. The minimum Gasteiger partial charge on any atom is -0.489 e. The lowest BCUT2D eigenvalue weighted by Crippen LogP contribution is -2.54. The van der Waals surface area contributed by atoms with Gasteiger partial charge in [-0.15, -0.1) is 10.2 Å². The van der Waals surface area contributed by atoms with Gasteiger partial charge in [0.2, 0.25) is 5.88 Å². The van der Waals surface area contributed by atoms with E-state index in [2.05, 4.69) is 89.8 Å². The van der Waals surface area contributed by atoms with E-state index in [0.717, 1.165) is 65.2 Å². The molecule has 3 aliphatic rings. The lowest BCUT2D eigenvalue weighted by Gasteiger charge is -2.43. The van der Waals surface area contributed by atoms with Crippen molar-refractivity contribution in [1.82, 2.24) is 20.2 Å². The number of benzene rings is 1. The molecule has 1 aromatic carbocycles. The van der Waals surface area contributed by atoms with Crippen LogP contribution in [0, 0.1) is 10.6 Å². The average molecular weight is 662 g/mol. The zero-order valence-corrected chi connectivity index (χ0v) is 25.0. The maximum absolute atomic E-state index is 6.37. The summed E-state index contributed by atoms with van der Waals surface area (Å²) in [6.07, 6.45) is 7.85. The Balaban J connectivity index is 1.01. The molecule has 2 bridgehead atoms. The van der Waals surface area contributed by atoms with Crippen molar-refractivity contribution in [3.8, 4) is 22.9 Å². The fourth-order valence-electron chi connectivity index (χ4n) is 6.29. The zero-order chi connectivity index (χ0) is 27.9. The molecule has 1 aliphatic carbocycles. The molecule has 210 valence electrons. The Bertz CT molecular complexity index is 1530. The van der Waals surface area contributed by atoms with E-state index in [0.29, 0.717) is 23.8 Å². The number of piperazine rings is 1. The molecule has 0 spiro atoms. The predicted molar refractivity (Wildman–Crippen MR) is 167 cm³/mol. The molecule has 2 atom stereocenters. The third-order valence-electron chi connectivity index (χ3n) is 8.40. The van der Waals surface area contributed by atoms with Gasteiger partial charge in [-0.3, -0.25) is 0 Å². The molecule has 2 saturated heterocycles. The number of nitrogens with two attached hydrogens (primary N) is 1. The van der Waals surface area contributed by atoms with E-state index < -0.39 is 0 Å². The van der Waals surface area contributed by atoms with Crippen LogP contribution in [0.5, 0.6) is 11.6 Å². The van der Waals surface area contributed by atoms with E-state index in [1.807, 2.05) is 30.5 Å². The number of nitrogen functional groups attached to an aromatic ring is 1. The number of anilines is 3. The third kappa shape index (κ3) is 5.37. The van der Waals surface area contributed by atoms with E-state index in [-0.39, 0.29) is 12.2 Å². The summed E-state index contributed by atoms with van der Waals surface area (Å²) in [4.78, 5) is 13.8. The Morgan fingerprint density at radius 1 is 0.902 bits per heavy atom. The number of halogens is 1. The van der Waals surface area contributed by atoms with Crippen LogP contribution >= 0.6 is 22.6 Å². The highest BCUT2D eigenvalue weighted by atomic mass is 127. The lowest BCUT2D eigenvalue weighted by molar-refractivity contribution is 0.00210. The van der Waals surface area contributed by atoms with Gasteiger partial charge in [-0.05, 0) is 72.2 Å². The van der Waals surface area contributed by atoms with Crippen molar-refractivity contribution in [3.05, 3.63) is 76.3 Å². The fraction of sp³-hybridized carbons (Fsp3) is 0.355. The molecule has 9 nitrogen and oxygen atoms in total. The summed E-state index contributed by atoms with van der Waals surface area (Å²) in [6.45, 7) is 3.86. The zero-order valence-electron chi connectivity index (χ0n) is 22.9. The van der Waals surface area contributed by atoms with Crippen LogP contribution in [0.25, 0.3) is 11.3 Å². The lowest BCUT2D eigenvalue weighted by atomic mass is 9.92. The Kier molecular flexibility index (Phi) is 7.01. The minimum atomic E-state index is 0.109. The number of rotatable bonds is 7. The quantitative estimate of drug-likeness (QED) is 0.210. The molecule has 4 aromatic rings. The summed E-state index contributed by atoms with van der Waals surface area (Å²) in [5.74, 6) is 1.96. The number of hydrogen-bond acceptors (Lipinski definition) is 9. The first-order chi connectivity index (χ1) is 20.0. The van der Waals surface area contributed by atoms with Crippen molar-refractivity contribution in [2.75, 3.05) is 28.6 Å². The summed E-state index contributed by atoms with van der Waals surface area (Å²) in [5.41, 5.74) is 11.6. The van der Waals surface area contributed by atoms with Crippen LogP contribution in [0.1, 0.15) is 31.2 Å². The van der Waals surface area contributed by atoms with E-state index in [4.69, 9.17) is 15.2 Å². The number of pyridine rings is 2. The number of nitrogens with zero attached hydrogens (tertiary/aromatic N) is 6. The topological polar surface area (TPSA) is 103 Å². The fourth-order valence-corrected chi connectivity index (χ4v) is 6.61. The highest BCUT2D eigenvalue weighted by Crippen LogP contribution is 2.39. The van der Waals surface area contributed by atoms with Crippen molar-refractivity contribution < 1.29 is 9.47 Å². The van der Waals surface area contributed by atoms with E-state index in [9.17, 15) is 0 Å². The molecule has 2 aliphatic heterocycles. The SMILES string of the molecule is Cc1ccccc1-c1cc(N2CC3CCC(C2)N3c2ccnc(OC3CC(Oc4ccc(I)nc4)C3)c2)c(N)nn1. The van der Waals surface area contributed by atoms with Crippen LogP contribution < -0.4 is 25.0 Å². The number of fused-ring (bicyclic) bond motifs is 2. The predicted octanol–water partition coefficient (Wildman–Crippen LogP) is 5.28. The van der Waals surface area contributed by atoms with E-state index in [1.54, 1.807) is 6.20 Å². The van der Waals surface area contributed by atoms with Gasteiger partial charge in [0.15, 0.2) is 5.82 Å². The summed E-state index contributed by atoms with van der Waals surface area (Å²) in [7, 11) is 0. The van der Waals surface area contributed by atoms with E-state index in [1.165, 1.54) is 11.3 Å². The van der Waals surface area contributed by atoms with Gasteiger partial charge >= 0.3 is 0 Å². The largest absolute Gasteiger partial charge is 0.489 e. The van der Waals surface area contributed by atoms with Crippen LogP contribution in [-0.4, -0.2) is 57.5 Å². The molecule has 0 amide bonds. The second kappa shape index (κ2) is 11.0. The van der Waals surface area contributed by atoms with Gasteiger partial charge in [-0.25, -0.2) is 9.97 Å². The maximum Gasteiger partial charge on any atom is 0.215 e. The minimum absolute atomic E-state index is 0.109. The smallest absolute Gasteiger partial charge is 0.215 e. The second-order valence-electron chi connectivity index (χ2n) is 11.1. The Morgan fingerprint density at radius 3 is 2.44 bits per heavy atom. The molecule has 1 saturated carbocycles. The van der Waals surface area contributed by atoms with Crippen LogP contribution in [0.15, 0.2) is 67.0 Å². The van der Waals surface area contributed by atoms with Crippen LogP contribution in [-0.2, 0) is 0 Å². The van der Waals surface area contributed by atoms with Gasteiger partial charge in [0.05, 0.1) is 17.6 Å². The van der Waals surface area contributed by atoms with Gasteiger partial charge in [0.1, 0.15) is 21.7 Å². The van der Waals surface area contributed by atoms with Gasteiger partial charge in [-0.2, -0.15) is 0 Å². The number of aromatic nitrogens is 4. The van der Waals surface area contributed by atoms with Crippen LogP contribution in [0.2, 0.25) is 0 Å². The molecule has 10 heteroatoms. The normalized spacial score (nSPS) is 23.3. The highest BCUT2D eigenvalue weighted by molar-refractivity contribution is 14.1. The van der Waals surface area contributed by atoms with Crippen molar-refractivity contribution >= 4 is 39.8 Å². The Morgan fingerprint density at radius 2 is 1.68 bits per heavy atom. The molecule has 3 aromatic heterocycles. The van der Waals surface area contributed by atoms with Crippen molar-refractivity contribution in [3.63, 3.8) is 0 Å².